The van der Waals surface area contributed by atoms with E-state index in [4.69, 9.17) is 5.10 Å². The number of anilines is 2. The van der Waals surface area contributed by atoms with Gasteiger partial charge in [0.05, 0.1) is 32.5 Å². The molecule has 3 N–H and O–H groups in total. The molecule has 1 aliphatic carbocycles. The van der Waals surface area contributed by atoms with Crippen LogP contribution in [0.25, 0.3) is 27.5 Å². The van der Waals surface area contributed by atoms with Gasteiger partial charge in [0.1, 0.15) is 11.4 Å². The van der Waals surface area contributed by atoms with Crippen molar-refractivity contribution in [2.24, 2.45) is 0 Å². The van der Waals surface area contributed by atoms with Gasteiger partial charge in [0.25, 0.3) is 10.0 Å². The van der Waals surface area contributed by atoms with Crippen molar-refractivity contribution in [1.29, 1.82) is 0 Å². The summed E-state index contributed by atoms with van der Waals surface area (Å²) in [6, 6.07) is 16.3. The van der Waals surface area contributed by atoms with Crippen molar-refractivity contribution in [2.75, 3.05) is 10.0 Å². The van der Waals surface area contributed by atoms with E-state index in [0.717, 1.165) is 33.1 Å². The Morgan fingerprint density at radius 3 is 2.62 bits per heavy atom. The van der Waals surface area contributed by atoms with Crippen LogP contribution >= 0.6 is 11.3 Å². The average Bonchev–Trinajstić information content (AvgIpc) is 3.50. The summed E-state index contributed by atoms with van der Waals surface area (Å²) >= 11 is 1.35. The van der Waals surface area contributed by atoms with Crippen molar-refractivity contribution in [3.63, 3.8) is 0 Å². The molecule has 0 radical (unpaired) electrons. The summed E-state index contributed by atoms with van der Waals surface area (Å²) in [7, 11) is -3.83. The first-order chi connectivity index (χ1) is 18.8. The van der Waals surface area contributed by atoms with Gasteiger partial charge in [-0.15, -0.1) is 0 Å². The Balaban J connectivity index is 1.46. The van der Waals surface area contributed by atoms with Crippen molar-refractivity contribution >= 4 is 38.1 Å². The number of fused-ring (bicyclic) bond motifs is 3. The zero-order chi connectivity index (χ0) is 27.1. The van der Waals surface area contributed by atoms with Crippen LogP contribution in [0.3, 0.4) is 0 Å². The molecule has 1 aliphatic rings. The highest BCUT2D eigenvalue weighted by Crippen LogP contribution is 2.45. The largest absolute Gasteiger partial charge is 0.506 e. The van der Waals surface area contributed by atoms with Gasteiger partial charge >= 0.3 is 0 Å². The number of carbonyl (C=O) groups is 1. The molecule has 3 aromatic heterocycles. The molecular weight excluding hydrogens is 536 g/mol. The van der Waals surface area contributed by atoms with E-state index in [1.807, 2.05) is 12.1 Å². The lowest BCUT2D eigenvalue weighted by atomic mass is 9.95. The Labute approximate surface area is 228 Å². The fourth-order valence-corrected chi connectivity index (χ4v) is 6.75. The summed E-state index contributed by atoms with van der Waals surface area (Å²) in [5, 5.41) is 19.2. The number of aryl methyl sites for hydroxylation is 1. The molecule has 0 fully saturated rings. The minimum Gasteiger partial charge on any atom is -0.506 e. The Morgan fingerprint density at radius 1 is 1.08 bits per heavy atom. The third kappa shape index (κ3) is 4.64. The molecule has 0 bridgehead atoms. The Hall–Kier alpha value is -4.55. The van der Waals surface area contributed by atoms with Crippen LogP contribution in [0.1, 0.15) is 18.2 Å². The van der Waals surface area contributed by atoms with Crippen molar-refractivity contribution in [3.05, 3.63) is 84.3 Å². The molecular formula is C27H22N6O4S2. The highest BCUT2D eigenvalue weighted by Gasteiger charge is 2.30. The summed E-state index contributed by atoms with van der Waals surface area (Å²) in [6.45, 7) is 1.43. The third-order valence-corrected chi connectivity index (χ3v) is 8.65. The molecule has 0 spiro atoms. The van der Waals surface area contributed by atoms with Gasteiger partial charge in [0, 0.05) is 36.5 Å². The number of rotatable bonds is 6. The second-order valence-corrected chi connectivity index (χ2v) is 11.6. The highest BCUT2D eigenvalue weighted by molar-refractivity contribution is 7.92. The first-order valence-corrected chi connectivity index (χ1v) is 14.3. The van der Waals surface area contributed by atoms with Gasteiger partial charge in [-0.05, 0) is 49.2 Å². The van der Waals surface area contributed by atoms with Crippen LogP contribution in [0, 0.1) is 0 Å². The molecule has 196 valence electrons. The second-order valence-electron chi connectivity index (χ2n) is 8.93. The normalized spacial score (nSPS) is 12.4. The van der Waals surface area contributed by atoms with Crippen LogP contribution in [0.5, 0.6) is 5.75 Å². The van der Waals surface area contributed by atoms with E-state index in [-0.39, 0.29) is 22.2 Å². The van der Waals surface area contributed by atoms with E-state index < -0.39 is 10.0 Å². The number of nitrogens with zero attached hydrogens (tertiary/aromatic N) is 4. The van der Waals surface area contributed by atoms with E-state index >= 15 is 0 Å². The molecule has 39 heavy (non-hydrogen) atoms. The van der Waals surface area contributed by atoms with E-state index in [2.05, 4.69) is 20.0 Å². The molecule has 0 saturated heterocycles. The maximum absolute atomic E-state index is 12.8. The maximum atomic E-state index is 12.8. The lowest BCUT2D eigenvalue weighted by Gasteiger charge is -2.15. The Morgan fingerprint density at radius 2 is 1.90 bits per heavy atom. The number of thiazole rings is 1. The number of sulfonamides is 1. The fourth-order valence-electron chi connectivity index (χ4n) is 4.56. The maximum Gasteiger partial charge on any atom is 0.261 e. The summed E-state index contributed by atoms with van der Waals surface area (Å²) in [5.41, 5.74) is 4.70. The molecule has 6 rings (SSSR count). The van der Waals surface area contributed by atoms with Crippen molar-refractivity contribution in [2.45, 2.75) is 24.7 Å². The number of aromatic nitrogens is 4. The molecule has 1 amide bonds. The first kappa shape index (κ1) is 24.8. The van der Waals surface area contributed by atoms with Gasteiger partial charge < -0.3 is 10.4 Å². The summed E-state index contributed by atoms with van der Waals surface area (Å²) < 4.78 is 29.7. The van der Waals surface area contributed by atoms with Crippen molar-refractivity contribution in [3.8, 4) is 33.3 Å². The molecule has 2 aromatic carbocycles. The number of hydrogen-bond donors (Lipinski definition) is 3. The third-order valence-electron chi connectivity index (χ3n) is 6.23. The molecule has 0 saturated carbocycles. The van der Waals surface area contributed by atoms with E-state index in [0.29, 0.717) is 23.7 Å². The minimum atomic E-state index is -3.83. The summed E-state index contributed by atoms with van der Waals surface area (Å²) in [4.78, 5) is 21.5. The quantitative estimate of drug-likeness (QED) is 0.276. The molecule has 0 aliphatic heterocycles. The fraction of sp³-hybridized carbons (Fsp3) is 0.111. The predicted molar refractivity (Wildman–Crippen MR) is 149 cm³/mol. The summed E-state index contributed by atoms with van der Waals surface area (Å²) in [5.74, 6) is -0.373. The lowest BCUT2D eigenvalue weighted by Crippen LogP contribution is -2.13. The SMILES string of the molecule is CC(=O)Nc1nc2c(s1)-c1c(c(-c3cccnc3)nn1-c1ccc(NS(=O)(=O)c3ccccc3)cc1O)CC2. The predicted octanol–water partition coefficient (Wildman–Crippen LogP) is 4.62. The smallest absolute Gasteiger partial charge is 0.261 e. The number of benzene rings is 2. The Kier molecular flexibility index (Phi) is 6.12. The van der Waals surface area contributed by atoms with Crippen LogP contribution in [0.15, 0.2) is 78.0 Å². The van der Waals surface area contributed by atoms with Gasteiger partial charge in [0.15, 0.2) is 5.13 Å². The second kappa shape index (κ2) is 9.64. The number of pyridine rings is 1. The monoisotopic (exact) mass is 558 g/mol. The number of nitrogens with one attached hydrogen (secondary N) is 2. The van der Waals surface area contributed by atoms with Crippen LogP contribution in [-0.2, 0) is 27.7 Å². The van der Waals surface area contributed by atoms with E-state index in [1.54, 1.807) is 47.4 Å². The zero-order valence-electron chi connectivity index (χ0n) is 20.6. The first-order valence-electron chi connectivity index (χ1n) is 12.0. The average molecular weight is 559 g/mol. The number of hydrogen-bond acceptors (Lipinski definition) is 8. The molecule has 12 heteroatoms. The molecule has 0 atom stereocenters. The highest BCUT2D eigenvalue weighted by atomic mass is 32.2. The van der Waals surface area contributed by atoms with Gasteiger partial charge in [-0.1, -0.05) is 29.5 Å². The van der Waals surface area contributed by atoms with Crippen LogP contribution in [0.4, 0.5) is 10.8 Å². The number of aromatic hydroxyl groups is 1. The van der Waals surface area contributed by atoms with Crippen LogP contribution < -0.4 is 10.0 Å². The number of phenolic OH excluding ortho intramolecular Hbond substituents is 1. The molecule has 0 unspecified atom stereocenters. The molecule has 5 aromatic rings. The minimum absolute atomic E-state index is 0.114. The molecule has 10 nitrogen and oxygen atoms in total. The van der Waals surface area contributed by atoms with Gasteiger partial charge in [-0.2, -0.15) is 5.10 Å². The van der Waals surface area contributed by atoms with Crippen molar-refractivity contribution in [1.82, 2.24) is 19.7 Å². The van der Waals surface area contributed by atoms with Crippen LogP contribution in [0.2, 0.25) is 0 Å². The zero-order valence-corrected chi connectivity index (χ0v) is 22.3. The van der Waals surface area contributed by atoms with Crippen molar-refractivity contribution < 1.29 is 18.3 Å². The van der Waals surface area contributed by atoms with E-state index in [1.165, 1.54) is 36.5 Å². The number of carbonyl (C=O) groups excluding carboxylic acids is 1. The van der Waals surface area contributed by atoms with Gasteiger partial charge in [-0.25, -0.2) is 18.1 Å². The lowest BCUT2D eigenvalue weighted by molar-refractivity contribution is -0.114. The topological polar surface area (TPSA) is 139 Å². The molecule has 3 heterocycles. The standard InChI is InChI=1S/C27H22N6O4S2/c1-16(34)29-27-30-21-11-10-20-24(17-6-5-13-28-15-17)31-33(25(20)26(21)38-27)22-12-9-18(14-23(22)35)32-39(36,37)19-7-3-2-4-8-19/h2-9,12-15,32,35H,10-11H2,1H3,(H,29,30,34). The Bertz CT molecular complexity index is 1820. The van der Waals surface area contributed by atoms with Crippen LogP contribution in [-0.4, -0.2) is 39.2 Å². The van der Waals surface area contributed by atoms with Gasteiger partial charge in [-0.3, -0.25) is 14.5 Å². The van der Waals surface area contributed by atoms with Gasteiger partial charge in [0.2, 0.25) is 5.91 Å². The number of phenols is 1. The summed E-state index contributed by atoms with van der Waals surface area (Å²) in [6.07, 6.45) is 4.75. The van der Waals surface area contributed by atoms with E-state index in [9.17, 15) is 18.3 Å². The number of amides is 1.